The second kappa shape index (κ2) is 12.6. The van der Waals surface area contributed by atoms with Gasteiger partial charge in [0.1, 0.15) is 24.7 Å². The van der Waals surface area contributed by atoms with E-state index in [4.69, 9.17) is 30.6 Å². The van der Waals surface area contributed by atoms with Gasteiger partial charge in [-0.05, 0) is 29.3 Å². The predicted molar refractivity (Wildman–Crippen MR) is 138 cm³/mol. The Bertz CT molecular complexity index is 1220. The molecule has 36 heavy (non-hydrogen) atoms. The van der Waals surface area contributed by atoms with Crippen molar-refractivity contribution < 1.29 is 28.6 Å². The van der Waals surface area contributed by atoms with Gasteiger partial charge in [0.15, 0.2) is 5.71 Å². The summed E-state index contributed by atoms with van der Waals surface area (Å²) in [6.45, 7) is 0. The third-order valence-corrected chi connectivity index (χ3v) is 5.76. The third-order valence-electron chi connectivity index (χ3n) is 5.43. The van der Waals surface area contributed by atoms with Crippen molar-refractivity contribution in [3.05, 3.63) is 82.9 Å². The van der Waals surface area contributed by atoms with E-state index in [1.807, 2.05) is 42.5 Å². The first-order valence-corrected chi connectivity index (χ1v) is 11.4. The molecule has 9 heteroatoms. The molecule has 0 spiro atoms. The van der Waals surface area contributed by atoms with Crippen LogP contribution in [0.4, 0.5) is 0 Å². The van der Waals surface area contributed by atoms with Crippen molar-refractivity contribution in [2.45, 2.75) is 12.5 Å². The zero-order valence-electron chi connectivity index (χ0n) is 20.4. The number of halogens is 1. The standard InChI is InChI=1S/C27H27ClN2O6/c1-33-22-10-7-11-23(34-2)24(22)18-14-12-17(13-15-18)16-21(27(32)35-3)29-26(31)25(30-36-4)19-8-5-6-9-20(19)28/h5-15,21H,16H2,1-4H3,(H,29,31)/t21-/m0/s1. The third kappa shape index (κ3) is 6.14. The summed E-state index contributed by atoms with van der Waals surface area (Å²) in [6.07, 6.45) is 0.185. The maximum absolute atomic E-state index is 13.1. The lowest BCUT2D eigenvalue weighted by atomic mass is 9.99. The molecule has 0 unspecified atom stereocenters. The molecule has 3 aromatic carbocycles. The first-order chi connectivity index (χ1) is 17.4. The number of esters is 1. The van der Waals surface area contributed by atoms with Gasteiger partial charge in [0.05, 0.1) is 31.9 Å². The molecule has 0 fully saturated rings. The fourth-order valence-corrected chi connectivity index (χ4v) is 3.92. The molecule has 8 nitrogen and oxygen atoms in total. The molecule has 3 rings (SSSR count). The molecule has 0 saturated carbocycles. The van der Waals surface area contributed by atoms with Crippen molar-refractivity contribution in [2.75, 3.05) is 28.4 Å². The molecule has 1 amide bonds. The van der Waals surface area contributed by atoms with Gasteiger partial charge in [-0.3, -0.25) is 4.79 Å². The summed E-state index contributed by atoms with van der Waals surface area (Å²) in [5.74, 6) is 0.114. The monoisotopic (exact) mass is 510 g/mol. The fourth-order valence-electron chi connectivity index (χ4n) is 3.70. The van der Waals surface area contributed by atoms with Gasteiger partial charge in [-0.15, -0.1) is 0 Å². The highest BCUT2D eigenvalue weighted by Crippen LogP contribution is 2.38. The second-order valence-electron chi connectivity index (χ2n) is 7.59. The van der Waals surface area contributed by atoms with Crippen LogP contribution in [-0.2, 0) is 25.6 Å². The van der Waals surface area contributed by atoms with Gasteiger partial charge >= 0.3 is 5.97 Å². The Kier molecular flexibility index (Phi) is 9.30. The molecule has 0 aliphatic heterocycles. The maximum atomic E-state index is 13.1. The molecule has 0 aliphatic rings. The quantitative estimate of drug-likeness (QED) is 0.248. The molecule has 188 valence electrons. The highest BCUT2D eigenvalue weighted by atomic mass is 35.5. The van der Waals surface area contributed by atoms with Gasteiger partial charge in [0.2, 0.25) is 0 Å². The molecule has 1 atom stereocenters. The van der Waals surface area contributed by atoms with E-state index >= 15 is 0 Å². The number of rotatable bonds is 10. The number of hydrogen-bond acceptors (Lipinski definition) is 7. The van der Waals surface area contributed by atoms with Gasteiger partial charge in [0.25, 0.3) is 5.91 Å². The van der Waals surface area contributed by atoms with Crippen molar-refractivity contribution in [3.8, 4) is 22.6 Å². The Labute approximate surface area is 214 Å². The molecule has 0 radical (unpaired) electrons. The van der Waals surface area contributed by atoms with E-state index in [0.717, 1.165) is 16.7 Å². The number of nitrogens with one attached hydrogen (secondary N) is 1. The van der Waals surface area contributed by atoms with Crippen LogP contribution in [0.5, 0.6) is 11.5 Å². The number of ether oxygens (including phenoxy) is 3. The first-order valence-electron chi connectivity index (χ1n) is 11.0. The highest BCUT2D eigenvalue weighted by Gasteiger charge is 2.26. The molecular weight excluding hydrogens is 484 g/mol. The van der Waals surface area contributed by atoms with Gasteiger partial charge < -0.3 is 24.4 Å². The average molecular weight is 511 g/mol. The lowest BCUT2D eigenvalue weighted by Gasteiger charge is -2.18. The molecule has 0 saturated heterocycles. The highest BCUT2D eigenvalue weighted by molar-refractivity contribution is 6.49. The van der Waals surface area contributed by atoms with Gasteiger partial charge in [-0.25, -0.2) is 4.79 Å². The Balaban J connectivity index is 1.85. The molecule has 3 aromatic rings. The summed E-state index contributed by atoms with van der Waals surface area (Å²) in [7, 11) is 5.77. The van der Waals surface area contributed by atoms with Crippen LogP contribution in [0, 0.1) is 0 Å². The van der Waals surface area contributed by atoms with Crippen LogP contribution in [0.3, 0.4) is 0 Å². The Hall–Kier alpha value is -4.04. The lowest BCUT2D eigenvalue weighted by molar-refractivity contribution is -0.144. The Morgan fingerprint density at radius 3 is 2.08 bits per heavy atom. The maximum Gasteiger partial charge on any atom is 0.328 e. The summed E-state index contributed by atoms with van der Waals surface area (Å²) in [6, 6.07) is 18.8. The van der Waals surface area contributed by atoms with E-state index in [1.54, 1.807) is 38.5 Å². The molecule has 0 heterocycles. The molecule has 0 aliphatic carbocycles. The normalized spacial score (nSPS) is 11.9. The van der Waals surface area contributed by atoms with E-state index in [2.05, 4.69) is 10.5 Å². The zero-order valence-corrected chi connectivity index (χ0v) is 21.2. The number of benzene rings is 3. The van der Waals surface area contributed by atoms with Crippen LogP contribution in [0.1, 0.15) is 11.1 Å². The van der Waals surface area contributed by atoms with Crippen molar-refractivity contribution in [3.63, 3.8) is 0 Å². The minimum absolute atomic E-state index is 0.0596. The number of carbonyl (C=O) groups is 2. The van der Waals surface area contributed by atoms with Gasteiger partial charge in [0, 0.05) is 12.0 Å². The zero-order chi connectivity index (χ0) is 26.1. The Morgan fingerprint density at radius 1 is 0.889 bits per heavy atom. The van der Waals surface area contributed by atoms with Crippen molar-refractivity contribution >= 4 is 29.2 Å². The fraction of sp³-hybridized carbons (Fsp3) is 0.222. The number of carbonyl (C=O) groups excluding carboxylic acids is 2. The SMILES string of the molecule is CON=C(C(=O)N[C@@H](Cc1ccc(-c2c(OC)cccc2OC)cc1)C(=O)OC)c1ccccc1Cl. The van der Waals surface area contributed by atoms with Gasteiger partial charge in [-0.1, -0.05) is 65.3 Å². The van der Waals surface area contributed by atoms with Crippen LogP contribution in [0.15, 0.2) is 71.9 Å². The van der Waals surface area contributed by atoms with E-state index < -0.39 is 17.9 Å². The number of amides is 1. The van der Waals surface area contributed by atoms with Crippen LogP contribution < -0.4 is 14.8 Å². The summed E-state index contributed by atoms with van der Waals surface area (Å²) in [5.41, 5.74) is 2.80. The largest absolute Gasteiger partial charge is 0.496 e. The van der Waals surface area contributed by atoms with Crippen molar-refractivity contribution in [1.82, 2.24) is 5.32 Å². The lowest BCUT2D eigenvalue weighted by Crippen LogP contribution is -2.46. The summed E-state index contributed by atoms with van der Waals surface area (Å²) in [5, 5.41) is 6.83. The first kappa shape index (κ1) is 26.6. The van der Waals surface area contributed by atoms with Crippen LogP contribution in [0.25, 0.3) is 11.1 Å². The topological polar surface area (TPSA) is 95.5 Å². The van der Waals surface area contributed by atoms with E-state index in [0.29, 0.717) is 22.1 Å². The molecule has 1 N–H and O–H groups in total. The van der Waals surface area contributed by atoms with Crippen molar-refractivity contribution in [2.24, 2.45) is 5.16 Å². The summed E-state index contributed by atoms with van der Waals surface area (Å²) >= 11 is 6.24. The van der Waals surface area contributed by atoms with E-state index in [-0.39, 0.29) is 12.1 Å². The number of hydrogen-bond donors (Lipinski definition) is 1. The number of methoxy groups -OCH3 is 3. The second-order valence-corrected chi connectivity index (χ2v) is 8.00. The molecular formula is C27H27ClN2O6. The number of nitrogens with zero attached hydrogens (tertiary/aromatic N) is 1. The van der Waals surface area contributed by atoms with Crippen LogP contribution in [0.2, 0.25) is 5.02 Å². The summed E-state index contributed by atoms with van der Waals surface area (Å²) < 4.78 is 15.9. The molecule has 0 bridgehead atoms. The van der Waals surface area contributed by atoms with E-state index in [1.165, 1.54) is 14.2 Å². The van der Waals surface area contributed by atoms with Crippen LogP contribution >= 0.6 is 11.6 Å². The van der Waals surface area contributed by atoms with Crippen LogP contribution in [-0.4, -0.2) is 52.1 Å². The van der Waals surface area contributed by atoms with Crippen molar-refractivity contribution in [1.29, 1.82) is 0 Å². The minimum Gasteiger partial charge on any atom is -0.496 e. The Morgan fingerprint density at radius 2 is 1.53 bits per heavy atom. The minimum atomic E-state index is -0.973. The smallest absolute Gasteiger partial charge is 0.328 e. The summed E-state index contributed by atoms with van der Waals surface area (Å²) in [4.78, 5) is 30.4. The predicted octanol–water partition coefficient (Wildman–Crippen LogP) is 4.28. The molecule has 0 aromatic heterocycles. The average Bonchev–Trinajstić information content (AvgIpc) is 2.91. The number of oxime groups is 1. The van der Waals surface area contributed by atoms with E-state index in [9.17, 15) is 9.59 Å². The van der Waals surface area contributed by atoms with Gasteiger partial charge in [-0.2, -0.15) is 0 Å².